The van der Waals surface area contributed by atoms with Crippen molar-refractivity contribution in [1.82, 2.24) is 10.6 Å². The van der Waals surface area contributed by atoms with Crippen LogP contribution in [-0.4, -0.2) is 36.8 Å². The quantitative estimate of drug-likeness (QED) is 0.762. The highest BCUT2D eigenvalue weighted by Gasteiger charge is 2.25. The molecule has 0 aromatic heterocycles. The van der Waals surface area contributed by atoms with Gasteiger partial charge in [-0.25, -0.2) is 0 Å². The number of aliphatic hydroxyl groups excluding tert-OH is 1. The summed E-state index contributed by atoms with van der Waals surface area (Å²) < 4.78 is 0. The first-order valence-electron chi connectivity index (χ1n) is 6.85. The van der Waals surface area contributed by atoms with Crippen LogP contribution in [0, 0.1) is 5.92 Å². The Morgan fingerprint density at radius 2 is 2.05 bits per heavy atom. The fourth-order valence-corrected chi connectivity index (χ4v) is 2.27. The van der Waals surface area contributed by atoms with E-state index in [1.165, 1.54) is 5.56 Å². The van der Waals surface area contributed by atoms with E-state index >= 15 is 0 Å². The molecule has 2 unspecified atom stereocenters. The first kappa shape index (κ1) is 14.0. The standard InChI is InChI=1S/C15H22N2O2/c1-10(2)11-3-5-12(6-4-11)15(19)17-8-13-7-16-9-14(13)18/h3-6,10,13-14,16,18H,7-9H2,1-2H3,(H,17,19). The van der Waals surface area contributed by atoms with Crippen LogP contribution in [0.5, 0.6) is 0 Å². The summed E-state index contributed by atoms with van der Waals surface area (Å²) in [5.41, 5.74) is 1.90. The van der Waals surface area contributed by atoms with Crippen molar-refractivity contribution in [2.24, 2.45) is 5.92 Å². The van der Waals surface area contributed by atoms with Gasteiger partial charge in [-0.1, -0.05) is 26.0 Å². The number of carbonyl (C=O) groups excluding carboxylic acids is 1. The van der Waals surface area contributed by atoms with Gasteiger partial charge in [-0.3, -0.25) is 4.79 Å². The van der Waals surface area contributed by atoms with Crippen molar-refractivity contribution >= 4 is 5.91 Å². The van der Waals surface area contributed by atoms with Gasteiger partial charge in [0.2, 0.25) is 0 Å². The van der Waals surface area contributed by atoms with Crippen LogP contribution < -0.4 is 10.6 Å². The number of nitrogens with one attached hydrogen (secondary N) is 2. The van der Waals surface area contributed by atoms with Crippen LogP contribution in [-0.2, 0) is 0 Å². The highest BCUT2D eigenvalue weighted by molar-refractivity contribution is 5.94. The van der Waals surface area contributed by atoms with E-state index in [1.54, 1.807) is 0 Å². The molecule has 0 aliphatic carbocycles. The van der Waals surface area contributed by atoms with Crippen LogP contribution in [0.15, 0.2) is 24.3 Å². The first-order valence-corrected chi connectivity index (χ1v) is 6.85. The molecular weight excluding hydrogens is 240 g/mol. The van der Waals surface area contributed by atoms with E-state index < -0.39 is 0 Å². The van der Waals surface area contributed by atoms with Crippen LogP contribution in [0.2, 0.25) is 0 Å². The van der Waals surface area contributed by atoms with Gasteiger partial charge in [0.15, 0.2) is 0 Å². The molecule has 104 valence electrons. The van der Waals surface area contributed by atoms with E-state index in [2.05, 4.69) is 24.5 Å². The summed E-state index contributed by atoms with van der Waals surface area (Å²) in [6.45, 7) is 6.14. The van der Waals surface area contributed by atoms with Gasteiger partial charge < -0.3 is 15.7 Å². The SMILES string of the molecule is CC(C)c1ccc(C(=O)NCC2CNCC2O)cc1. The van der Waals surface area contributed by atoms with Gasteiger partial charge in [0.05, 0.1) is 6.10 Å². The average molecular weight is 262 g/mol. The third-order valence-corrected chi connectivity index (χ3v) is 3.67. The predicted octanol–water partition coefficient (Wildman–Crippen LogP) is 1.12. The molecular formula is C15H22N2O2. The van der Waals surface area contributed by atoms with E-state index in [0.717, 1.165) is 6.54 Å². The molecule has 1 aromatic carbocycles. The lowest BCUT2D eigenvalue weighted by Crippen LogP contribution is -2.34. The van der Waals surface area contributed by atoms with Gasteiger partial charge in [-0.15, -0.1) is 0 Å². The number of hydrogen-bond donors (Lipinski definition) is 3. The minimum atomic E-state index is -0.358. The molecule has 1 aromatic rings. The topological polar surface area (TPSA) is 61.4 Å². The second-order valence-electron chi connectivity index (χ2n) is 5.47. The molecule has 1 saturated heterocycles. The van der Waals surface area contributed by atoms with Gasteiger partial charge in [0.1, 0.15) is 0 Å². The van der Waals surface area contributed by atoms with Crippen LogP contribution in [0.1, 0.15) is 35.7 Å². The molecule has 0 saturated carbocycles. The fraction of sp³-hybridized carbons (Fsp3) is 0.533. The van der Waals surface area contributed by atoms with E-state index in [4.69, 9.17) is 0 Å². The first-order chi connectivity index (χ1) is 9.08. The van der Waals surface area contributed by atoms with Crippen molar-refractivity contribution < 1.29 is 9.90 Å². The Morgan fingerprint density at radius 1 is 1.37 bits per heavy atom. The number of rotatable bonds is 4. The Morgan fingerprint density at radius 3 is 2.58 bits per heavy atom. The maximum atomic E-state index is 12.0. The fourth-order valence-electron chi connectivity index (χ4n) is 2.27. The van der Waals surface area contributed by atoms with Gasteiger partial charge in [-0.2, -0.15) is 0 Å². The van der Waals surface area contributed by atoms with Crippen molar-refractivity contribution in [3.8, 4) is 0 Å². The van der Waals surface area contributed by atoms with Gasteiger partial charge in [-0.05, 0) is 23.6 Å². The Bertz CT molecular complexity index is 428. The van der Waals surface area contributed by atoms with Crippen molar-refractivity contribution in [2.45, 2.75) is 25.9 Å². The summed E-state index contributed by atoms with van der Waals surface area (Å²) in [4.78, 5) is 12.0. The lowest BCUT2D eigenvalue weighted by Gasteiger charge is -2.14. The lowest BCUT2D eigenvalue weighted by atomic mass is 10.0. The van der Waals surface area contributed by atoms with E-state index in [9.17, 15) is 9.90 Å². The molecule has 4 nitrogen and oxygen atoms in total. The monoisotopic (exact) mass is 262 g/mol. The largest absolute Gasteiger partial charge is 0.391 e. The Labute approximate surface area is 114 Å². The summed E-state index contributed by atoms with van der Waals surface area (Å²) >= 11 is 0. The summed E-state index contributed by atoms with van der Waals surface area (Å²) in [6.07, 6.45) is -0.358. The number of carbonyl (C=O) groups is 1. The summed E-state index contributed by atoms with van der Waals surface area (Å²) in [6, 6.07) is 7.69. The molecule has 1 aliphatic rings. The number of aliphatic hydroxyl groups is 1. The predicted molar refractivity (Wildman–Crippen MR) is 75.2 cm³/mol. The van der Waals surface area contributed by atoms with Crippen molar-refractivity contribution in [3.63, 3.8) is 0 Å². The zero-order valence-electron chi connectivity index (χ0n) is 11.5. The molecule has 0 bridgehead atoms. The molecule has 0 radical (unpaired) electrons. The van der Waals surface area contributed by atoms with Crippen molar-refractivity contribution in [1.29, 1.82) is 0 Å². The molecule has 1 heterocycles. The molecule has 0 spiro atoms. The molecule has 2 rings (SSSR count). The Hall–Kier alpha value is -1.39. The van der Waals surface area contributed by atoms with Crippen molar-refractivity contribution in [3.05, 3.63) is 35.4 Å². The Balaban J connectivity index is 1.89. The van der Waals surface area contributed by atoms with Crippen LogP contribution in [0.25, 0.3) is 0 Å². The second kappa shape index (κ2) is 6.17. The molecule has 1 fully saturated rings. The average Bonchev–Trinajstić information content (AvgIpc) is 2.81. The maximum absolute atomic E-state index is 12.0. The van der Waals surface area contributed by atoms with E-state index in [1.807, 2.05) is 24.3 Å². The summed E-state index contributed by atoms with van der Waals surface area (Å²) in [5, 5.41) is 15.6. The maximum Gasteiger partial charge on any atom is 0.251 e. The summed E-state index contributed by atoms with van der Waals surface area (Å²) in [7, 11) is 0. The molecule has 2 atom stereocenters. The van der Waals surface area contributed by atoms with E-state index in [0.29, 0.717) is 24.6 Å². The molecule has 4 heteroatoms. The minimum absolute atomic E-state index is 0.0746. The molecule has 1 amide bonds. The normalized spacial score (nSPS) is 22.7. The second-order valence-corrected chi connectivity index (χ2v) is 5.47. The number of amides is 1. The van der Waals surface area contributed by atoms with Gasteiger partial charge >= 0.3 is 0 Å². The van der Waals surface area contributed by atoms with E-state index in [-0.39, 0.29) is 17.9 Å². The lowest BCUT2D eigenvalue weighted by molar-refractivity contribution is 0.0927. The molecule has 3 N–H and O–H groups in total. The third kappa shape index (κ3) is 3.55. The van der Waals surface area contributed by atoms with Crippen LogP contribution in [0.3, 0.4) is 0 Å². The zero-order chi connectivity index (χ0) is 13.8. The van der Waals surface area contributed by atoms with Gasteiger partial charge in [0.25, 0.3) is 5.91 Å². The van der Waals surface area contributed by atoms with Crippen LogP contribution >= 0.6 is 0 Å². The highest BCUT2D eigenvalue weighted by atomic mass is 16.3. The molecule has 19 heavy (non-hydrogen) atoms. The zero-order valence-corrected chi connectivity index (χ0v) is 11.5. The highest BCUT2D eigenvalue weighted by Crippen LogP contribution is 2.15. The minimum Gasteiger partial charge on any atom is -0.391 e. The number of hydrogen-bond acceptors (Lipinski definition) is 3. The smallest absolute Gasteiger partial charge is 0.251 e. The van der Waals surface area contributed by atoms with Gasteiger partial charge in [0, 0.05) is 31.1 Å². The third-order valence-electron chi connectivity index (χ3n) is 3.67. The van der Waals surface area contributed by atoms with Crippen molar-refractivity contribution in [2.75, 3.05) is 19.6 Å². The number of benzene rings is 1. The number of β-amino-alcohol motifs (C(OH)–C–C–N with tert-alkyl or cyclic N) is 1. The van der Waals surface area contributed by atoms with Crippen LogP contribution in [0.4, 0.5) is 0 Å². The Kier molecular flexibility index (Phi) is 4.56. The summed E-state index contributed by atoms with van der Waals surface area (Å²) in [5.74, 6) is 0.505. The molecule has 1 aliphatic heterocycles.